The van der Waals surface area contributed by atoms with Gasteiger partial charge in [0.15, 0.2) is 0 Å². The molecule has 0 aromatic carbocycles. The molecule has 1 heterocycles. The van der Waals surface area contributed by atoms with Gasteiger partial charge >= 0.3 is 0 Å². The van der Waals surface area contributed by atoms with E-state index < -0.39 is 12.2 Å². The number of hydrogen-bond acceptors (Lipinski definition) is 13. The van der Waals surface area contributed by atoms with Gasteiger partial charge in [-0.2, -0.15) is 14.7 Å². The van der Waals surface area contributed by atoms with Gasteiger partial charge in [-0.1, -0.05) is 307 Å². The molecule has 490 valence electrons. The molecule has 83 heavy (non-hydrogen) atoms. The van der Waals surface area contributed by atoms with Crippen molar-refractivity contribution in [1.82, 2.24) is 24.5 Å². The van der Waals surface area contributed by atoms with E-state index >= 15 is 0 Å². The zero-order valence-corrected chi connectivity index (χ0v) is 55.8. The fourth-order valence-electron chi connectivity index (χ4n) is 12.3. The molecule has 0 spiro atoms. The zero-order chi connectivity index (χ0) is 60.3. The zero-order valence-electron chi connectivity index (χ0n) is 55.8. The first kappa shape index (κ1) is 79.0. The quantitative estimate of drug-likeness (QED) is 0.0446. The van der Waals surface area contributed by atoms with Crippen molar-refractivity contribution in [3.8, 4) is 0 Å². The van der Waals surface area contributed by atoms with E-state index in [4.69, 9.17) is 0 Å². The Hall–Kier alpha value is -2.06. The van der Waals surface area contributed by atoms with Crippen LogP contribution >= 0.6 is 0 Å². The molecule has 1 rings (SSSR count). The lowest BCUT2D eigenvalue weighted by molar-refractivity contribution is 0.0819. The summed E-state index contributed by atoms with van der Waals surface area (Å²) >= 11 is 0. The van der Waals surface area contributed by atoms with Crippen LogP contribution in [0, 0.1) is 14.7 Å². The summed E-state index contributed by atoms with van der Waals surface area (Å²) in [5.41, 5.74) is 0. The van der Waals surface area contributed by atoms with Gasteiger partial charge in [-0.15, -0.1) is 0 Å². The van der Waals surface area contributed by atoms with E-state index in [1.165, 1.54) is 193 Å². The highest BCUT2D eigenvalue weighted by atomic mass is 16.3. The predicted octanol–water partition coefficient (Wildman–Crippen LogP) is 18.8. The van der Waals surface area contributed by atoms with Crippen molar-refractivity contribution in [2.24, 2.45) is 15.5 Å². The molecule has 0 saturated carbocycles. The van der Waals surface area contributed by atoms with E-state index in [2.05, 4.69) is 87.0 Å². The van der Waals surface area contributed by atoms with Crippen molar-refractivity contribution in [3.63, 3.8) is 0 Å². The molecule has 5 unspecified atom stereocenters. The molecule has 2 N–H and O–H groups in total. The minimum atomic E-state index is -0.469. The van der Waals surface area contributed by atoms with Crippen molar-refractivity contribution in [2.45, 2.75) is 354 Å². The molecule has 0 radical (unpaired) electrons. The smallest absolute Gasteiger partial charge is 0.109 e. The Morgan fingerprint density at radius 2 is 0.578 bits per heavy atom. The summed E-state index contributed by atoms with van der Waals surface area (Å²) in [7, 11) is 0. The Balaban J connectivity index is 3.11. The van der Waals surface area contributed by atoms with Gasteiger partial charge in [0.05, 0.1) is 12.2 Å². The molecule has 13 nitrogen and oxygen atoms in total. The Morgan fingerprint density at radius 1 is 0.325 bits per heavy atom. The number of nitrogens with zero attached hydrogens (tertiary/aromatic N) is 8. The Morgan fingerprint density at radius 3 is 0.880 bits per heavy atom. The fourth-order valence-corrected chi connectivity index (χ4v) is 12.3. The summed E-state index contributed by atoms with van der Waals surface area (Å²) in [6.45, 7) is 21.1. The summed E-state index contributed by atoms with van der Waals surface area (Å²) in [6, 6.07) is -0.831. The van der Waals surface area contributed by atoms with Crippen LogP contribution in [0.3, 0.4) is 0 Å². The molecule has 13 heteroatoms. The van der Waals surface area contributed by atoms with E-state index in [0.29, 0.717) is 32.7 Å². The maximum Gasteiger partial charge on any atom is 0.109 e. The molecule has 0 aliphatic carbocycles. The van der Waals surface area contributed by atoms with Crippen molar-refractivity contribution < 1.29 is 10.2 Å². The highest BCUT2D eigenvalue weighted by Crippen LogP contribution is 2.20. The summed E-state index contributed by atoms with van der Waals surface area (Å²) in [6.07, 6.45) is 56.5. The Bertz CT molecular complexity index is 1350. The third kappa shape index (κ3) is 49.6. The van der Waals surface area contributed by atoms with Gasteiger partial charge in [0, 0.05) is 97.5 Å². The predicted molar refractivity (Wildman–Crippen MR) is 359 cm³/mol. The van der Waals surface area contributed by atoms with Crippen molar-refractivity contribution >= 4 is 0 Å². The molecule has 1 fully saturated rings. The van der Waals surface area contributed by atoms with Gasteiger partial charge in [0.25, 0.3) is 0 Å². The lowest BCUT2D eigenvalue weighted by Gasteiger charge is -2.37. The monoisotopic (exact) mass is 1170 g/mol. The number of rotatable bonds is 66. The van der Waals surface area contributed by atoms with Crippen LogP contribution in [0.25, 0.3) is 0 Å². The average molecular weight is 1170 g/mol. The SMILES string of the molecule is CCCCCCCCCCC(O)CN(/C=C/N(CCN1CCN(CCN(CC(CCCCCCCCCC)N=O)CC(CCCCCCCCCC)N=O)CC1)CC(CCCCCCCCCC)N=O)CC(O)CCCCCCCCCC. The first-order valence-electron chi connectivity index (χ1n) is 36.4. The first-order chi connectivity index (χ1) is 40.7. The number of hydrogen-bond donors (Lipinski definition) is 2. The van der Waals surface area contributed by atoms with Crippen LogP contribution in [-0.4, -0.2) is 150 Å². The summed E-state index contributed by atoms with van der Waals surface area (Å²) < 4.78 is 0. The number of aliphatic hydroxyl groups excluding tert-OH is 2. The maximum absolute atomic E-state index is 12.5. The molecular weight excluding hydrogens is 1030 g/mol. The van der Waals surface area contributed by atoms with E-state index in [-0.39, 0.29) is 18.1 Å². The van der Waals surface area contributed by atoms with E-state index in [1.54, 1.807) is 0 Å². The second kappa shape index (κ2) is 60.2. The van der Waals surface area contributed by atoms with Crippen molar-refractivity contribution in [3.05, 3.63) is 27.1 Å². The van der Waals surface area contributed by atoms with Gasteiger partial charge in [0.2, 0.25) is 0 Å². The van der Waals surface area contributed by atoms with E-state index in [9.17, 15) is 24.9 Å². The largest absolute Gasteiger partial charge is 0.391 e. The van der Waals surface area contributed by atoms with Crippen LogP contribution in [-0.2, 0) is 0 Å². The van der Waals surface area contributed by atoms with E-state index in [1.807, 2.05) is 0 Å². The molecule has 1 saturated heterocycles. The fraction of sp³-hybridized carbons (Fsp3) is 0.971. The van der Waals surface area contributed by atoms with Crippen LogP contribution in [0.5, 0.6) is 0 Å². The topological polar surface area (TPSA) is 145 Å². The third-order valence-electron chi connectivity index (χ3n) is 18.1. The van der Waals surface area contributed by atoms with E-state index in [0.717, 1.165) is 149 Å². The number of nitroso groups, excluding NO2 is 3. The normalized spacial score (nSPS) is 15.3. The molecular formula is C70H140N8O5. The minimum Gasteiger partial charge on any atom is -0.391 e. The highest BCUT2D eigenvalue weighted by molar-refractivity contribution is 4.89. The Kier molecular flexibility index (Phi) is 57.3. The van der Waals surface area contributed by atoms with Crippen molar-refractivity contribution in [1.29, 1.82) is 0 Å². The number of piperazine rings is 1. The first-order valence-corrected chi connectivity index (χ1v) is 36.4. The van der Waals surface area contributed by atoms with Crippen LogP contribution in [0.15, 0.2) is 27.9 Å². The van der Waals surface area contributed by atoms with Gasteiger partial charge in [-0.3, -0.25) is 14.7 Å². The molecule has 0 aromatic rings. The molecule has 0 amide bonds. The molecule has 0 aromatic heterocycles. The average Bonchev–Trinajstić information content (AvgIpc) is 3.55. The standard InChI is InChI=1S/C70H140N8O5/c1-6-11-16-21-26-31-36-41-46-66(71-81)61-76(58-60-78(64-69(79)49-44-39-34-29-24-19-14-9-4)65-70(80)50-45-40-35-30-25-20-15-10-5)57-55-74-51-53-75(54-52-74)56-59-77(62-67(72-82)47-42-37-32-27-22-17-12-7-2)63-68(73-83)48-43-38-33-28-23-18-13-8-3/h58,60,66-70,79-80H,6-57,59,61-65H2,1-5H3/b60-58+. The van der Waals surface area contributed by atoms with Crippen molar-refractivity contribution in [2.75, 3.05) is 85.1 Å². The van der Waals surface area contributed by atoms with Gasteiger partial charge in [-0.25, -0.2) is 0 Å². The second-order valence-electron chi connectivity index (χ2n) is 26.1. The van der Waals surface area contributed by atoms with Crippen LogP contribution in [0.4, 0.5) is 0 Å². The number of aliphatic hydroxyl groups is 2. The summed E-state index contributed by atoms with van der Waals surface area (Å²) in [4.78, 5) is 49.0. The molecule has 0 bridgehead atoms. The summed E-state index contributed by atoms with van der Waals surface area (Å²) in [5.74, 6) is 0. The molecule has 5 atom stereocenters. The lowest BCUT2D eigenvalue weighted by atomic mass is 10.0. The lowest BCUT2D eigenvalue weighted by Crippen LogP contribution is -2.50. The molecule has 1 aliphatic rings. The maximum atomic E-state index is 12.5. The second-order valence-corrected chi connectivity index (χ2v) is 26.1. The number of unbranched alkanes of at least 4 members (excludes halogenated alkanes) is 35. The summed E-state index contributed by atoms with van der Waals surface area (Å²) in [5, 5.41) is 33.9. The van der Waals surface area contributed by atoms with Gasteiger partial charge in [-0.05, 0) is 32.1 Å². The van der Waals surface area contributed by atoms with Crippen LogP contribution < -0.4 is 0 Å². The highest BCUT2D eigenvalue weighted by Gasteiger charge is 2.24. The van der Waals surface area contributed by atoms with Crippen LogP contribution in [0.1, 0.15) is 324 Å². The van der Waals surface area contributed by atoms with Crippen LogP contribution in [0.2, 0.25) is 0 Å². The molecule has 1 aliphatic heterocycles. The minimum absolute atomic E-state index is 0.268. The van der Waals surface area contributed by atoms with Gasteiger partial charge in [0.1, 0.15) is 18.1 Å². The Labute approximate surface area is 514 Å². The van der Waals surface area contributed by atoms with Gasteiger partial charge < -0.3 is 20.0 Å². The third-order valence-corrected chi connectivity index (χ3v) is 18.1.